The van der Waals surface area contributed by atoms with E-state index in [1.165, 1.54) is 0 Å². The second-order valence-electron chi connectivity index (χ2n) is 3.67. The molecule has 0 radical (unpaired) electrons. The monoisotopic (exact) mass is 235 g/mol. The van der Waals surface area contributed by atoms with Crippen LogP contribution >= 0.6 is 15.9 Å². The molecular weight excluding hydrogens is 226 g/mol. The molecule has 1 saturated carbocycles. The van der Waals surface area contributed by atoms with Crippen molar-refractivity contribution in [1.29, 1.82) is 5.26 Å². The second kappa shape index (κ2) is 2.85. The summed E-state index contributed by atoms with van der Waals surface area (Å²) in [5, 5.41) is 9.13. The minimum Gasteiger partial charge on any atom is -0.197 e. The van der Waals surface area contributed by atoms with E-state index in [0.717, 1.165) is 16.5 Å². The first-order chi connectivity index (χ1) is 6.20. The highest BCUT2D eigenvalue weighted by atomic mass is 79.9. The molecule has 1 aromatic rings. The average molecular weight is 236 g/mol. The van der Waals surface area contributed by atoms with Crippen LogP contribution in [0, 0.1) is 17.2 Å². The van der Waals surface area contributed by atoms with E-state index in [1.54, 1.807) is 0 Å². The van der Waals surface area contributed by atoms with Gasteiger partial charge in [0.1, 0.15) is 0 Å². The maximum atomic E-state index is 9.13. The molecule has 2 unspecified atom stereocenters. The smallest absolute Gasteiger partial charge is 0.0862 e. The number of benzene rings is 1. The molecule has 2 heteroatoms. The Morgan fingerprint density at radius 2 is 2.15 bits per heavy atom. The van der Waals surface area contributed by atoms with Crippen LogP contribution in [-0.4, -0.2) is 0 Å². The van der Waals surface area contributed by atoms with Gasteiger partial charge in [-0.15, -0.1) is 0 Å². The summed E-state index contributed by atoms with van der Waals surface area (Å²) >= 11 is 3.49. The molecule has 1 aromatic carbocycles. The van der Waals surface area contributed by atoms with Gasteiger partial charge in [0.2, 0.25) is 0 Å². The lowest BCUT2D eigenvalue weighted by Gasteiger charge is -2.09. The van der Waals surface area contributed by atoms with Crippen molar-refractivity contribution in [3.05, 3.63) is 34.3 Å². The summed E-state index contributed by atoms with van der Waals surface area (Å²) in [6.45, 7) is 2.13. The minimum atomic E-state index is -0.208. The molecule has 0 aromatic heterocycles. The van der Waals surface area contributed by atoms with E-state index in [9.17, 15) is 0 Å². The molecule has 66 valence electrons. The quantitative estimate of drug-likeness (QED) is 0.734. The second-order valence-corrected chi connectivity index (χ2v) is 4.52. The summed E-state index contributed by atoms with van der Waals surface area (Å²) in [7, 11) is 0. The lowest BCUT2D eigenvalue weighted by molar-refractivity contribution is 0.788. The molecule has 0 saturated heterocycles. The van der Waals surface area contributed by atoms with Gasteiger partial charge in [-0.05, 0) is 24.0 Å². The van der Waals surface area contributed by atoms with Crippen LogP contribution in [0.3, 0.4) is 0 Å². The van der Waals surface area contributed by atoms with Gasteiger partial charge in [-0.3, -0.25) is 0 Å². The Balaban J connectivity index is 2.48. The lowest BCUT2D eigenvalue weighted by atomic mass is 9.95. The molecule has 0 amide bonds. The van der Waals surface area contributed by atoms with E-state index >= 15 is 0 Å². The molecule has 2 atom stereocenters. The Morgan fingerprint density at radius 1 is 1.54 bits per heavy atom. The maximum absolute atomic E-state index is 9.13. The van der Waals surface area contributed by atoms with Crippen molar-refractivity contribution in [2.75, 3.05) is 0 Å². The molecule has 1 aliphatic rings. The fourth-order valence-corrected chi connectivity index (χ4v) is 2.48. The van der Waals surface area contributed by atoms with Gasteiger partial charge in [-0.2, -0.15) is 5.26 Å². The van der Waals surface area contributed by atoms with Crippen molar-refractivity contribution in [1.82, 2.24) is 0 Å². The third-order valence-corrected chi connectivity index (χ3v) is 3.55. The zero-order valence-electron chi connectivity index (χ0n) is 7.42. The molecular formula is C11H10BrN. The van der Waals surface area contributed by atoms with E-state index in [4.69, 9.17) is 5.26 Å². The number of hydrogen-bond donors (Lipinski definition) is 0. The predicted octanol–water partition coefficient (Wildman–Crippen LogP) is 3.25. The van der Waals surface area contributed by atoms with Crippen LogP contribution in [0.15, 0.2) is 28.7 Å². The van der Waals surface area contributed by atoms with Gasteiger partial charge in [0.25, 0.3) is 0 Å². The zero-order chi connectivity index (χ0) is 9.47. The van der Waals surface area contributed by atoms with Gasteiger partial charge >= 0.3 is 0 Å². The minimum absolute atomic E-state index is 0.208. The first-order valence-electron chi connectivity index (χ1n) is 4.37. The van der Waals surface area contributed by atoms with E-state index < -0.39 is 0 Å². The fraction of sp³-hybridized carbons (Fsp3) is 0.364. The molecule has 0 heterocycles. The van der Waals surface area contributed by atoms with Gasteiger partial charge in [0.05, 0.1) is 11.5 Å². The lowest BCUT2D eigenvalue weighted by Crippen LogP contribution is -2.06. The Morgan fingerprint density at radius 3 is 2.62 bits per heavy atom. The topological polar surface area (TPSA) is 23.8 Å². The summed E-state index contributed by atoms with van der Waals surface area (Å²) < 4.78 is 1.06. The Bertz CT molecular complexity index is 380. The Kier molecular flexibility index (Phi) is 1.92. The van der Waals surface area contributed by atoms with Gasteiger partial charge in [-0.1, -0.05) is 41.1 Å². The van der Waals surface area contributed by atoms with Crippen LogP contribution in [0.1, 0.15) is 18.9 Å². The third-order valence-electron chi connectivity index (χ3n) is 2.86. The zero-order valence-corrected chi connectivity index (χ0v) is 9.01. The maximum Gasteiger partial charge on any atom is 0.0862 e. The summed E-state index contributed by atoms with van der Waals surface area (Å²) in [5.74, 6) is 0.496. The van der Waals surface area contributed by atoms with Crippen molar-refractivity contribution in [3.8, 4) is 6.07 Å². The molecule has 0 spiro atoms. The molecule has 0 aliphatic heterocycles. The average Bonchev–Trinajstić information content (AvgIpc) is 2.79. The summed E-state index contributed by atoms with van der Waals surface area (Å²) in [6.07, 6.45) is 0.992. The highest BCUT2D eigenvalue weighted by Crippen LogP contribution is 2.55. The van der Waals surface area contributed by atoms with Crippen molar-refractivity contribution < 1.29 is 0 Å². The largest absolute Gasteiger partial charge is 0.197 e. The molecule has 0 bridgehead atoms. The van der Waals surface area contributed by atoms with Crippen molar-refractivity contribution in [3.63, 3.8) is 0 Å². The van der Waals surface area contributed by atoms with Crippen LogP contribution in [0.5, 0.6) is 0 Å². The third kappa shape index (κ3) is 1.19. The number of halogens is 1. The predicted molar refractivity (Wildman–Crippen MR) is 55.2 cm³/mol. The molecule has 2 rings (SSSR count). The number of nitrogens with zero attached hydrogens (tertiary/aromatic N) is 1. The highest BCUT2D eigenvalue weighted by Gasteiger charge is 2.53. The molecule has 1 nitrogen and oxygen atoms in total. The summed E-state index contributed by atoms with van der Waals surface area (Å²) in [5.41, 5.74) is 0.935. The van der Waals surface area contributed by atoms with Crippen molar-refractivity contribution >= 4 is 15.9 Å². The van der Waals surface area contributed by atoms with Crippen LogP contribution in [-0.2, 0) is 5.41 Å². The van der Waals surface area contributed by atoms with E-state index in [0.29, 0.717) is 5.92 Å². The standard InChI is InChI=1S/C11H10BrN/c1-8-6-11(8,7-13)9-4-2-3-5-10(9)12/h2-5,8H,6H2,1H3. The van der Waals surface area contributed by atoms with Crippen LogP contribution in [0.4, 0.5) is 0 Å². The molecule has 1 aliphatic carbocycles. The van der Waals surface area contributed by atoms with Crippen molar-refractivity contribution in [2.24, 2.45) is 5.92 Å². The van der Waals surface area contributed by atoms with E-state index in [-0.39, 0.29) is 5.41 Å². The van der Waals surface area contributed by atoms with Gasteiger partial charge in [0, 0.05) is 4.47 Å². The SMILES string of the molecule is CC1CC1(C#N)c1ccccc1Br. The number of rotatable bonds is 1. The first-order valence-corrected chi connectivity index (χ1v) is 5.16. The number of hydrogen-bond acceptors (Lipinski definition) is 1. The summed E-state index contributed by atoms with van der Waals surface area (Å²) in [6, 6.07) is 10.4. The Labute approximate surface area is 86.5 Å². The van der Waals surface area contributed by atoms with Crippen LogP contribution in [0.2, 0.25) is 0 Å². The Hall–Kier alpha value is -0.810. The summed E-state index contributed by atoms with van der Waals surface area (Å²) in [4.78, 5) is 0. The van der Waals surface area contributed by atoms with Crippen LogP contribution < -0.4 is 0 Å². The number of nitriles is 1. The molecule has 1 fully saturated rings. The van der Waals surface area contributed by atoms with Gasteiger partial charge < -0.3 is 0 Å². The molecule has 13 heavy (non-hydrogen) atoms. The van der Waals surface area contributed by atoms with E-state index in [1.807, 2.05) is 24.3 Å². The van der Waals surface area contributed by atoms with Crippen LogP contribution in [0.25, 0.3) is 0 Å². The first kappa shape index (κ1) is 8.77. The highest BCUT2D eigenvalue weighted by molar-refractivity contribution is 9.10. The normalized spacial score (nSPS) is 31.0. The fourth-order valence-electron chi connectivity index (χ4n) is 1.84. The van der Waals surface area contributed by atoms with Gasteiger partial charge in [0.15, 0.2) is 0 Å². The van der Waals surface area contributed by atoms with Gasteiger partial charge in [-0.25, -0.2) is 0 Å². The van der Waals surface area contributed by atoms with E-state index in [2.05, 4.69) is 28.9 Å². The van der Waals surface area contributed by atoms with Crippen molar-refractivity contribution in [2.45, 2.75) is 18.8 Å². The molecule has 0 N–H and O–H groups in total.